The molecule has 0 saturated heterocycles. The summed E-state index contributed by atoms with van der Waals surface area (Å²) in [4.78, 5) is 15.0. The van der Waals surface area contributed by atoms with Crippen molar-refractivity contribution in [2.45, 2.75) is 12.8 Å². The fourth-order valence-corrected chi connectivity index (χ4v) is 1.54. The van der Waals surface area contributed by atoms with E-state index < -0.39 is 23.5 Å². The third-order valence-electron chi connectivity index (χ3n) is 2.75. The molecule has 1 unspecified atom stereocenters. The molecular weight excluding hydrogens is 266 g/mol. The van der Waals surface area contributed by atoms with E-state index in [-0.39, 0.29) is 11.5 Å². The van der Waals surface area contributed by atoms with E-state index in [9.17, 15) is 13.6 Å². The Labute approximate surface area is 114 Å². The molecule has 0 saturated carbocycles. The molecule has 0 fully saturated rings. The second-order valence-electron chi connectivity index (χ2n) is 4.22. The van der Waals surface area contributed by atoms with Crippen molar-refractivity contribution in [2.75, 3.05) is 0 Å². The third-order valence-corrected chi connectivity index (χ3v) is 2.75. The fourth-order valence-electron chi connectivity index (χ4n) is 1.54. The average molecular weight is 278 g/mol. The van der Waals surface area contributed by atoms with E-state index >= 15 is 0 Å². The van der Waals surface area contributed by atoms with Crippen LogP contribution in [0.15, 0.2) is 36.5 Å². The molecule has 0 aliphatic carbocycles. The van der Waals surface area contributed by atoms with Crippen molar-refractivity contribution < 1.29 is 18.3 Å². The van der Waals surface area contributed by atoms with Gasteiger partial charge in [0.2, 0.25) is 5.91 Å². The van der Waals surface area contributed by atoms with Gasteiger partial charge >= 0.3 is 0 Å². The monoisotopic (exact) mass is 278 g/mol. The van der Waals surface area contributed by atoms with Crippen LogP contribution in [-0.4, -0.2) is 10.9 Å². The molecule has 6 heteroatoms. The van der Waals surface area contributed by atoms with Gasteiger partial charge < -0.3 is 10.5 Å². The summed E-state index contributed by atoms with van der Waals surface area (Å²) in [7, 11) is 0. The molecule has 2 rings (SSSR count). The molecule has 1 amide bonds. The number of carbonyl (C=O) groups is 1. The number of hydrogen-bond donors (Lipinski definition) is 1. The smallest absolute Gasteiger partial charge is 0.226 e. The molecule has 1 heterocycles. The molecule has 1 atom stereocenters. The molecule has 0 bridgehead atoms. The van der Waals surface area contributed by atoms with Gasteiger partial charge in [-0.1, -0.05) is 0 Å². The van der Waals surface area contributed by atoms with E-state index in [0.29, 0.717) is 5.69 Å². The molecule has 4 nitrogen and oxygen atoms in total. The Balaban J connectivity index is 2.16. The van der Waals surface area contributed by atoms with Gasteiger partial charge in [-0.15, -0.1) is 0 Å². The SMILES string of the molecule is CC(C(N)=O)c1ccc(Oc2ccc(F)cc2F)cn1. The van der Waals surface area contributed by atoms with Crippen molar-refractivity contribution >= 4 is 5.91 Å². The van der Waals surface area contributed by atoms with E-state index in [4.69, 9.17) is 10.5 Å². The summed E-state index contributed by atoms with van der Waals surface area (Å²) in [6.07, 6.45) is 1.34. The number of aromatic nitrogens is 1. The van der Waals surface area contributed by atoms with Gasteiger partial charge in [0.15, 0.2) is 11.6 Å². The van der Waals surface area contributed by atoms with Crippen molar-refractivity contribution in [3.8, 4) is 11.5 Å². The highest BCUT2D eigenvalue weighted by molar-refractivity contribution is 5.80. The second kappa shape index (κ2) is 5.64. The van der Waals surface area contributed by atoms with Crippen molar-refractivity contribution in [3.63, 3.8) is 0 Å². The lowest BCUT2D eigenvalue weighted by molar-refractivity contribution is -0.119. The highest BCUT2D eigenvalue weighted by Gasteiger charge is 2.13. The molecule has 1 aromatic carbocycles. The van der Waals surface area contributed by atoms with Crippen LogP contribution in [-0.2, 0) is 4.79 Å². The van der Waals surface area contributed by atoms with Crippen LogP contribution in [0.2, 0.25) is 0 Å². The predicted molar refractivity (Wildman–Crippen MR) is 68.3 cm³/mol. The molecule has 1 aromatic heterocycles. The molecule has 0 radical (unpaired) electrons. The van der Waals surface area contributed by atoms with Crippen molar-refractivity contribution in [3.05, 3.63) is 53.9 Å². The minimum atomic E-state index is -0.806. The number of benzene rings is 1. The Kier molecular flexibility index (Phi) is 3.93. The zero-order chi connectivity index (χ0) is 14.7. The van der Waals surface area contributed by atoms with Crippen LogP contribution >= 0.6 is 0 Å². The van der Waals surface area contributed by atoms with E-state index in [0.717, 1.165) is 12.1 Å². The van der Waals surface area contributed by atoms with Crippen LogP contribution in [0.4, 0.5) is 8.78 Å². The summed E-state index contributed by atoms with van der Waals surface area (Å²) in [6, 6.07) is 6.10. The average Bonchev–Trinajstić information content (AvgIpc) is 2.42. The third kappa shape index (κ3) is 3.09. The summed E-state index contributed by atoms with van der Waals surface area (Å²) in [6.45, 7) is 1.63. The lowest BCUT2D eigenvalue weighted by atomic mass is 10.1. The number of amides is 1. The van der Waals surface area contributed by atoms with Crippen molar-refractivity contribution in [2.24, 2.45) is 5.73 Å². The number of pyridine rings is 1. The first-order chi connectivity index (χ1) is 9.47. The van der Waals surface area contributed by atoms with Gasteiger partial charge in [0.25, 0.3) is 0 Å². The van der Waals surface area contributed by atoms with Crippen LogP contribution in [0.5, 0.6) is 11.5 Å². The number of nitrogens with two attached hydrogens (primary N) is 1. The lowest BCUT2D eigenvalue weighted by Gasteiger charge is -2.09. The summed E-state index contributed by atoms with van der Waals surface area (Å²) >= 11 is 0. The maximum absolute atomic E-state index is 13.4. The molecule has 0 aliphatic heterocycles. The lowest BCUT2D eigenvalue weighted by Crippen LogP contribution is -2.19. The van der Waals surface area contributed by atoms with Gasteiger partial charge in [-0.3, -0.25) is 9.78 Å². The van der Waals surface area contributed by atoms with Gasteiger partial charge in [0, 0.05) is 6.07 Å². The normalized spacial score (nSPS) is 11.9. The number of ether oxygens (including phenoxy) is 1. The van der Waals surface area contributed by atoms with Crippen molar-refractivity contribution in [1.82, 2.24) is 4.98 Å². The van der Waals surface area contributed by atoms with Crippen LogP contribution in [0.3, 0.4) is 0 Å². The number of carbonyl (C=O) groups excluding carboxylic acids is 1. The Morgan fingerprint density at radius 1 is 1.30 bits per heavy atom. The zero-order valence-corrected chi connectivity index (χ0v) is 10.6. The minimum Gasteiger partial charge on any atom is -0.453 e. The molecule has 2 N–H and O–H groups in total. The summed E-state index contributed by atoms with van der Waals surface area (Å²) in [5.41, 5.74) is 5.66. The van der Waals surface area contributed by atoms with Crippen LogP contribution < -0.4 is 10.5 Å². The summed E-state index contributed by atoms with van der Waals surface area (Å²) in [5.74, 6) is -2.33. The number of primary amides is 1. The van der Waals surface area contributed by atoms with E-state index in [1.165, 1.54) is 18.3 Å². The van der Waals surface area contributed by atoms with Gasteiger partial charge in [-0.2, -0.15) is 0 Å². The molecule has 2 aromatic rings. The van der Waals surface area contributed by atoms with Crippen molar-refractivity contribution in [1.29, 1.82) is 0 Å². The standard InChI is InChI=1S/C14H12F2N2O2/c1-8(14(17)19)12-4-3-10(7-18-12)20-13-5-2-9(15)6-11(13)16/h2-8H,1H3,(H2,17,19). The van der Waals surface area contributed by atoms with Crippen LogP contribution in [0.1, 0.15) is 18.5 Å². The Morgan fingerprint density at radius 2 is 2.05 bits per heavy atom. The zero-order valence-electron chi connectivity index (χ0n) is 10.6. The van der Waals surface area contributed by atoms with E-state index in [1.807, 2.05) is 0 Å². The number of halogens is 2. The maximum atomic E-state index is 13.4. The first kappa shape index (κ1) is 13.9. The highest BCUT2D eigenvalue weighted by atomic mass is 19.1. The highest BCUT2D eigenvalue weighted by Crippen LogP contribution is 2.25. The summed E-state index contributed by atoms with van der Waals surface area (Å²) < 4.78 is 31.4. The van der Waals surface area contributed by atoms with Gasteiger partial charge in [0.1, 0.15) is 11.6 Å². The Hall–Kier alpha value is -2.50. The van der Waals surface area contributed by atoms with Crippen LogP contribution in [0.25, 0.3) is 0 Å². The molecular formula is C14H12F2N2O2. The largest absolute Gasteiger partial charge is 0.453 e. The van der Waals surface area contributed by atoms with E-state index in [2.05, 4.69) is 4.98 Å². The topological polar surface area (TPSA) is 65.2 Å². The van der Waals surface area contributed by atoms with Gasteiger partial charge in [-0.25, -0.2) is 8.78 Å². The van der Waals surface area contributed by atoms with E-state index in [1.54, 1.807) is 13.0 Å². The number of hydrogen-bond acceptors (Lipinski definition) is 3. The predicted octanol–water partition coefficient (Wildman–Crippen LogP) is 2.74. The first-order valence-electron chi connectivity index (χ1n) is 5.85. The number of nitrogens with zero attached hydrogens (tertiary/aromatic N) is 1. The first-order valence-corrected chi connectivity index (χ1v) is 5.85. The molecule has 0 aliphatic rings. The second-order valence-corrected chi connectivity index (χ2v) is 4.22. The quantitative estimate of drug-likeness (QED) is 0.935. The van der Waals surface area contributed by atoms with Crippen LogP contribution in [0, 0.1) is 11.6 Å². The minimum absolute atomic E-state index is 0.108. The fraction of sp³-hybridized carbons (Fsp3) is 0.143. The Bertz CT molecular complexity index is 630. The maximum Gasteiger partial charge on any atom is 0.226 e. The summed E-state index contributed by atoms with van der Waals surface area (Å²) in [5, 5.41) is 0. The van der Waals surface area contributed by atoms with Gasteiger partial charge in [0.05, 0.1) is 17.8 Å². The molecule has 104 valence electrons. The molecule has 0 spiro atoms. The van der Waals surface area contributed by atoms with Gasteiger partial charge in [-0.05, 0) is 31.2 Å². The Morgan fingerprint density at radius 3 is 2.60 bits per heavy atom. The number of rotatable bonds is 4. The molecule has 20 heavy (non-hydrogen) atoms.